The van der Waals surface area contributed by atoms with E-state index in [0.29, 0.717) is 25.2 Å². The molecule has 0 aromatic rings. The van der Waals surface area contributed by atoms with E-state index in [1.54, 1.807) is 0 Å². The molecule has 11 heavy (non-hydrogen) atoms. The molecule has 0 aliphatic carbocycles. The van der Waals surface area contributed by atoms with Crippen molar-refractivity contribution in [3.8, 4) is 0 Å². The van der Waals surface area contributed by atoms with E-state index in [2.05, 4.69) is 19.2 Å². The maximum atomic E-state index is 10.3. The molecule has 2 N–H and O–H groups in total. The van der Waals surface area contributed by atoms with Gasteiger partial charge in [-0.1, -0.05) is 13.8 Å². The fourth-order valence-electron chi connectivity index (χ4n) is 1.21. The van der Waals surface area contributed by atoms with Gasteiger partial charge >= 0.3 is 6.09 Å². The number of hydrogen-bond donors (Lipinski definition) is 2. The van der Waals surface area contributed by atoms with Crippen molar-refractivity contribution in [2.75, 3.05) is 13.1 Å². The summed E-state index contributed by atoms with van der Waals surface area (Å²) in [5, 5.41) is 11.7. The zero-order chi connectivity index (χ0) is 8.43. The third kappa shape index (κ3) is 2.08. The highest BCUT2D eigenvalue weighted by Crippen LogP contribution is 2.07. The van der Waals surface area contributed by atoms with Crippen molar-refractivity contribution in [3.05, 3.63) is 0 Å². The molecule has 64 valence electrons. The Morgan fingerprint density at radius 1 is 1.64 bits per heavy atom. The van der Waals surface area contributed by atoms with Gasteiger partial charge in [0.25, 0.3) is 0 Å². The lowest BCUT2D eigenvalue weighted by atomic mass is 10.1. The first-order chi connectivity index (χ1) is 5.09. The van der Waals surface area contributed by atoms with E-state index in [0.717, 1.165) is 0 Å². The molecule has 1 heterocycles. The van der Waals surface area contributed by atoms with E-state index >= 15 is 0 Å². The quantitative estimate of drug-likeness (QED) is 0.609. The molecular formula is C7H14N2O2. The molecule has 1 saturated heterocycles. The Labute approximate surface area is 66.2 Å². The van der Waals surface area contributed by atoms with Crippen molar-refractivity contribution in [1.29, 1.82) is 0 Å². The van der Waals surface area contributed by atoms with Crippen LogP contribution in [-0.4, -0.2) is 41.3 Å². The number of likely N-dealkylation sites (tertiary alicyclic amines) is 1. The first-order valence-electron chi connectivity index (χ1n) is 3.83. The molecule has 1 amide bonds. The normalized spacial score (nSPS) is 18.6. The van der Waals surface area contributed by atoms with Crippen LogP contribution < -0.4 is 5.32 Å². The van der Waals surface area contributed by atoms with Gasteiger partial charge in [0.2, 0.25) is 0 Å². The Hall–Kier alpha value is -0.770. The predicted octanol–water partition coefficient (Wildman–Crippen LogP) is 0.347. The second kappa shape index (κ2) is 3.09. The van der Waals surface area contributed by atoms with E-state index < -0.39 is 6.09 Å². The molecule has 0 aromatic heterocycles. The molecule has 1 fully saturated rings. The van der Waals surface area contributed by atoms with Crippen LogP contribution in [0.1, 0.15) is 13.8 Å². The molecule has 4 nitrogen and oxygen atoms in total. The highest BCUT2D eigenvalue weighted by molar-refractivity contribution is 5.66. The average molecular weight is 158 g/mol. The zero-order valence-electron chi connectivity index (χ0n) is 6.87. The lowest BCUT2D eigenvalue weighted by Crippen LogP contribution is -2.60. The Bertz CT molecular complexity index is 153. The van der Waals surface area contributed by atoms with Crippen LogP contribution in [0.3, 0.4) is 0 Å². The van der Waals surface area contributed by atoms with E-state index in [1.165, 1.54) is 4.90 Å². The number of carboxylic acid groups (broad SMARTS) is 1. The van der Waals surface area contributed by atoms with Gasteiger partial charge in [-0.05, 0) is 0 Å². The topological polar surface area (TPSA) is 52.6 Å². The summed E-state index contributed by atoms with van der Waals surface area (Å²) in [5.41, 5.74) is 0. The minimum Gasteiger partial charge on any atom is -0.465 e. The van der Waals surface area contributed by atoms with Gasteiger partial charge < -0.3 is 15.3 Å². The molecule has 0 bridgehead atoms. The van der Waals surface area contributed by atoms with Gasteiger partial charge in [-0.15, -0.1) is 0 Å². The monoisotopic (exact) mass is 158 g/mol. The summed E-state index contributed by atoms with van der Waals surface area (Å²) in [7, 11) is 0. The molecule has 4 heteroatoms. The van der Waals surface area contributed by atoms with Gasteiger partial charge in [0.15, 0.2) is 0 Å². The molecule has 0 aromatic carbocycles. The second-order valence-electron chi connectivity index (χ2n) is 3.21. The predicted molar refractivity (Wildman–Crippen MR) is 41.7 cm³/mol. The average Bonchev–Trinajstić information content (AvgIpc) is 1.75. The number of rotatable bonds is 2. The first kappa shape index (κ1) is 8.33. The van der Waals surface area contributed by atoms with Crippen molar-refractivity contribution in [2.45, 2.75) is 25.9 Å². The van der Waals surface area contributed by atoms with Crippen molar-refractivity contribution >= 4 is 6.09 Å². The minimum absolute atomic E-state index is 0.367. The maximum Gasteiger partial charge on any atom is 0.407 e. The fraction of sp³-hybridized carbons (Fsp3) is 0.857. The van der Waals surface area contributed by atoms with E-state index in [-0.39, 0.29) is 0 Å². The SMILES string of the molecule is CC(C)NC1CN(C(=O)O)C1. The summed E-state index contributed by atoms with van der Waals surface area (Å²) >= 11 is 0. The maximum absolute atomic E-state index is 10.3. The number of nitrogens with zero attached hydrogens (tertiary/aromatic N) is 1. The third-order valence-electron chi connectivity index (χ3n) is 1.72. The highest BCUT2D eigenvalue weighted by atomic mass is 16.4. The van der Waals surface area contributed by atoms with Crippen LogP contribution in [0, 0.1) is 0 Å². The highest BCUT2D eigenvalue weighted by Gasteiger charge is 2.30. The van der Waals surface area contributed by atoms with Gasteiger partial charge in [-0.2, -0.15) is 0 Å². The number of carbonyl (C=O) groups is 1. The van der Waals surface area contributed by atoms with Crippen LogP contribution in [0.25, 0.3) is 0 Å². The van der Waals surface area contributed by atoms with Gasteiger partial charge in [0, 0.05) is 25.2 Å². The van der Waals surface area contributed by atoms with Gasteiger partial charge in [-0.25, -0.2) is 4.79 Å². The van der Waals surface area contributed by atoms with E-state index in [4.69, 9.17) is 5.11 Å². The lowest BCUT2D eigenvalue weighted by Gasteiger charge is -2.38. The summed E-state index contributed by atoms with van der Waals surface area (Å²) in [4.78, 5) is 11.7. The van der Waals surface area contributed by atoms with E-state index in [9.17, 15) is 4.79 Å². The standard InChI is InChI=1S/C7H14N2O2/c1-5(2)8-6-3-9(4-6)7(10)11/h5-6,8H,3-4H2,1-2H3,(H,10,11). The van der Waals surface area contributed by atoms with Crippen LogP contribution in [0.5, 0.6) is 0 Å². The van der Waals surface area contributed by atoms with Crippen molar-refractivity contribution in [2.24, 2.45) is 0 Å². The molecule has 1 rings (SSSR count). The third-order valence-corrected chi connectivity index (χ3v) is 1.72. The van der Waals surface area contributed by atoms with E-state index in [1.807, 2.05) is 0 Å². The molecule has 0 spiro atoms. The van der Waals surface area contributed by atoms with Crippen LogP contribution in [0.15, 0.2) is 0 Å². The van der Waals surface area contributed by atoms with Gasteiger partial charge in [0.1, 0.15) is 0 Å². The minimum atomic E-state index is -0.813. The Morgan fingerprint density at radius 2 is 2.18 bits per heavy atom. The van der Waals surface area contributed by atoms with Crippen LogP contribution in [0.4, 0.5) is 4.79 Å². The molecule has 0 unspecified atom stereocenters. The summed E-state index contributed by atoms with van der Waals surface area (Å²) in [5.74, 6) is 0. The number of amides is 1. The molecule has 0 atom stereocenters. The van der Waals surface area contributed by atoms with Crippen LogP contribution >= 0.6 is 0 Å². The lowest BCUT2D eigenvalue weighted by molar-refractivity contribution is 0.0934. The van der Waals surface area contributed by atoms with Gasteiger partial charge in [-0.3, -0.25) is 0 Å². The molecule has 1 aliphatic rings. The summed E-state index contributed by atoms with van der Waals surface area (Å²) in [6.45, 7) is 5.38. The molecule has 0 saturated carbocycles. The summed E-state index contributed by atoms with van der Waals surface area (Å²) < 4.78 is 0. The first-order valence-corrected chi connectivity index (χ1v) is 3.83. The molecule has 1 aliphatic heterocycles. The number of hydrogen-bond acceptors (Lipinski definition) is 2. The molecular weight excluding hydrogens is 144 g/mol. The Balaban J connectivity index is 2.14. The number of nitrogens with one attached hydrogen (secondary N) is 1. The Kier molecular flexibility index (Phi) is 2.34. The Morgan fingerprint density at radius 3 is 2.55 bits per heavy atom. The van der Waals surface area contributed by atoms with Crippen molar-refractivity contribution in [1.82, 2.24) is 10.2 Å². The van der Waals surface area contributed by atoms with Crippen LogP contribution in [0.2, 0.25) is 0 Å². The van der Waals surface area contributed by atoms with Crippen LogP contribution in [-0.2, 0) is 0 Å². The second-order valence-corrected chi connectivity index (χ2v) is 3.21. The largest absolute Gasteiger partial charge is 0.465 e. The van der Waals surface area contributed by atoms with Crippen molar-refractivity contribution < 1.29 is 9.90 Å². The smallest absolute Gasteiger partial charge is 0.407 e. The van der Waals surface area contributed by atoms with Crippen molar-refractivity contribution in [3.63, 3.8) is 0 Å². The summed E-state index contributed by atoms with van der Waals surface area (Å²) in [6.07, 6.45) is -0.813. The zero-order valence-corrected chi connectivity index (χ0v) is 6.87. The van der Waals surface area contributed by atoms with Gasteiger partial charge in [0.05, 0.1) is 0 Å². The fourth-order valence-corrected chi connectivity index (χ4v) is 1.21. The summed E-state index contributed by atoms with van der Waals surface area (Å²) in [6, 6.07) is 0.807. The molecule has 0 radical (unpaired) electrons.